The van der Waals surface area contributed by atoms with Gasteiger partial charge in [0.2, 0.25) is 5.91 Å². The number of alkyl halides is 3. The molecule has 1 amide bonds. The van der Waals surface area contributed by atoms with E-state index in [0.717, 1.165) is 0 Å². The summed E-state index contributed by atoms with van der Waals surface area (Å²) in [6.45, 7) is 0.910. The molecule has 2 aliphatic heterocycles. The van der Waals surface area contributed by atoms with Gasteiger partial charge in [0.25, 0.3) is 0 Å². The Morgan fingerprint density at radius 2 is 1.92 bits per heavy atom. The number of hydrogen-bond donors (Lipinski definition) is 0. The Morgan fingerprint density at radius 3 is 2.54 bits per heavy atom. The van der Waals surface area contributed by atoms with E-state index < -0.39 is 17.5 Å². The summed E-state index contributed by atoms with van der Waals surface area (Å²) >= 11 is 0. The molecule has 3 aliphatic rings. The number of ketones is 1. The SMILES string of the molecule is O=C1CCCC(C(=O)N2CCC(C(F)(F)F)C3(CCOCC3)C2)C1. The maximum absolute atomic E-state index is 13.5. The van der Waals surface area contributed by atoms with E-state index >= 15 is 0 Å². The zero-order chi connectivity index (χ0) is 17.4. The van der Waals surface area contributed by atoms with Crippen molar-refractivity contribution in [3.63, 3.8) is 0 Å². The molecule has 0 N–H and O–H groups in total. The van der Waals surface area contributed by atoms with Crippen LogP contribution in [0.25, 0.3) is 0 Å². The van der Waals surface area contributed by atoms with E-state index in [-0.39, 0.29) is 43.5 Å². The molecule has 2 unspecified atom stereocenters. The van der Waals surface area contributed by atoms with Crippen LogP contribution in [-0.2, 0) is 14.3 Å². The molecule has 1 aliphatic carbocycles. The highest BCUT2D eigenvalue weighted by Gasteiger charge is 2.56. The van der Waals surface area contributed by atoms with Crippen molar-refractivity contribution in [1.82, 2.24) is 4.90 Å². The summed E-state index contributed by atoms with van der Waals surface area (Å²) in [5.41, 5.74) is -0.927. The van der Waals surface area contributed by atoms with E-state index in [2.05, 4.69) is 0 Å². The van der Waals surface area contributed by atoms with Gasteiger partial charge in [-0.05, 0) is 32.1 Å². The van der Waals surface area contributed by atoms with E-state index in [1.54, 1.807) is 4.90 Å². The summed E-state index contributed by atoms with van der Waals surface area (Å²) in [5.74, 6) is -1.75. The van der Waals surface area contributed by atoms with Crippen molar-refractivity contribution < 1.29 is 27.5 Å². The predicted octanol–water partition coefficient (Wildman–Crippen LogP) is 2.95. The fraction of sp³-hybridized carbons (Fsp3) is 0.882. The molecular formula is C17H24F3NO3. The quantitative estimate of drug-likeness (QED) is 0.733. The monoisotopic (exact) mass is 347 g/mol. The van der Waals surface area contributed by atoms with Crippen molar-refractivity contribution in [3.8, 4) is 0 Å². The second-order valence-electron chi connectivity index (χ2n) is 7.45. The third-order valence-electron chi connectivity index (χ3n) is 5.96. The molecule has 0 radical (unpaired) electrons. The van der Waals surface area contributed by atoms with E-state index in [0.29, 0.717) is 45.3 Å². The molecule has 0 aromatic carbocycles. The Balaban J connectivity index is 1.75. The molecule has 0 aromatic heterocycles. The summed E-state index contributed by atoms with van der Waals surface area (Å²) in [4.78, 5) is 25.9. The van der Waals surface area contributed by atoms with E-state index in [4.69, 9.17) is 4.74 Å². The van der Waals surface area contributed by atoms with Crippen molar-refractivity contribution in [3.05, 3.63) is 0 Å². The van der Waals surface area contributed by atoms with Crippen LogP contribution < -0.4 is 0 Å². The zero-order valence-electron chi connectivity index (χ0n) is 13.7. The fourth-order valence-corrected chi connectivity index (χ4v) is 4.64. The Hall–Kier alpha value is -1.11. The van der Waals surface area contributed by atoms with Gasteiger partial charge in [-0.3, -0.25) is 9.59 Å². The minimum Gasteiger partial charge on any atom is -0.381 e. The highest BCUT2D eigenvalue weighted by atomic mass is 19.4. The van der Waals surface area contributed by atoms with Gasteiger partial charge in [-0.1, -0.05) is 0 Å². The second kappa shape index (κ2) is 6.65. The number of ether oxygens (including phenoxy) is 1. The fourth-order valence-electron chi connectivity index (χ4n) is 4.64. The van der Waals surface area contributed by atoms with Crippen LogP contribution in [0, 0.1) is 17.3 Å². The van der Waals surface area contributed by atoms with E-state index in [9.17, 15) is 22.8 Å². The Labute approximate surface area is 139 Å². The summed E-state index contributed by atoms with van der Waals surface area (Å²) in [7, 11) is 0. The lowest BCUT2D eigenvalue weighted by atomic mass is 9.65. The smallest absolute Gasteiger partial charge is 0.381 e. The summed E-state index contributed by atoms with van der Waals surface area (Å²) in [6, 6.07) is 0. The maximum atomic E-state index is 13.5. The predicted molar refractivity (Wildman–Crippen MR) is 80.2 cm³/mol. The normalized spacial score (nSPS) is 31.3. The zero-order valence-corrected chi connectivity index (χ0v) is 13.7. The lowest BCUT2D eigenvalue weighted by Gasteiger charge is -2.51. The number of carbonyl (C=O) groups is 2. The minimum atomic E-state index is -4.24. The van der Waals surface area contributed by atoms with Crippen LogP contribution in [0.1, 0.15) is 44.9 Å². The average Bonchev–Trinajstić information content (AvgIpc) is 2.53. The van der Waals surface area contributed by atoms with Crippen LogP contribution in [-0.4, -0.2) is 49.1 Å². The molecular weight excluding hydrogens is 323 g/mol. The Bertz CT molecular complexity index is 500. The van der Waals surface area contributed by atoms with Crippen LogP contribution in [0.15, 0.2) is 0 Å². The lowest BCUT2D eigenvalue weighted by Crippen LogP contribution is -2.57. The van der Waals surface area contributed by atoms with Crippen LogP contribution in [0.4, 0.5) is 13.2 Å². The number of likely N-dealkylation sites (tertiary alicyclic amines) is 1. The molecule has 136 valence electrons. The number of Topliss-reactive ketones (excluding diaryl/α,β-unsaturated/α-hetero) is 1. The first-order valence-electron chi connectivity index (χ1n) is 8.77. The number of rotatable bonds is 1. The number of nitrogens with zero attached hydrogens (tertiary/aromatic N) is 1. The molecule has 1 spiro atoms. The van der Waals surface area contributed by atoms with Gasteiger partial charge in [0.1, 0.15) is 5.78 Å². The maximum Gasteiger partial charge on any atom is 0.392 e. The van der Waals surface area contributed by atoms with Crippen molar-refractivity contribution in [2.75, 3.05) is 26.3 Å². The molecule has 0 bridgehead atoms. The van der Waals surface area contributed by atoms with Gasteiger partial charge >= 0.3 is 6.18 Å². The van der Waals surface area contributed by atoms with Gasteiger partial charge in [-0.2, -0.15) is 13.2 Å². The molecule has 0 aromatic rings. The van der Waals surface area contributed by atoms with Crippen molar-refractivity contribution in [2.45, 2.75) is 51.1 Å². The molecule has 2 saturated heterocycles. The number of piperidine rings is 1. The lowest BCUT2D eigenvalue weighted by molar-refractivity contribution is -0.235. The molecule has 2 atom stereocenters. The number of amides is 1. The largest absolute Gasteiger partial charge is 0.392 e. The average molecular weight is 347 g/mol. The molecule has 7 heteroatoms. The van der Waals surface area contributed by atoms with E-state index in [1.165, 1.54) is 0 Å². The highest BCUT2D eigenvalue weighted by molar-refractivity contribution is 5.88. The van der Waals surface area contributed by atoms with Crippen LogP contribution >= 0.6 is 0 Å². The number of hydrogen-bond acceptors (Lipinski definition) is 3. The highest BCUT2D eigenvalue weighted by Crippen LogP contribution is 2.51. The van der Waals surface area contributed by atoms with Crippen molar-refractivity contribution in [1.29, 1.82) is 0 Å². The van der Waals surface area contributed by atoms with Crippen LogP contribution in [0.5, 0.6) is 0 Å². The van der Waals surface area contributed by atoms with Gasteiger partial charge < -0.3 is 9.64 Å². The van der Waals surface area contributed by atoms with Crippen molar-refractivity contribution in [2.24, 2.45) is 17.3 Å². The summed E-state index contributed by atoms with van der Waals surface area (Å²) < 4.78 is 45.8. The molecule has 3 rings (SSSR count). The standard InChI is InChI=1S/C17H24F3NO3/c18-17(19,20)14-4-7-21(11-16(14)5-8-24-9-6-16)15(23)12-2-1-3-13(22)10-12/h12,14H,1-11H2. The minimum absolute atomic E-state index is 0.0457. The van der Waals surface area contributed by atoms with Gasteiger partial charge in [0, 0.05) is 50.5 Å². The first kappa shape index (κ1) is 17.7. The van der Waals surface area contributed by atoms with Crippen LogP contribution in [0.3, 0.4) is 0 Å². The number of carbonyl (C=O) groups excluding carboxylic acids is 2. The number of halogens is 3. The third kappa shape index (κ3) is 3.46. The molecule has 4 nitrogen and oxygen atoms in total. The molecule has 24 heavy (non-hydrogen) atoms. The first-order valence-corrected chi connectivity index (χ1v) is 8.77. The topological polar surface area (TPSA) is 46.6 Å². The Morgan fingerprint density at radius 1 is 1.21 bits per heavy atom. The summed E-state index contributed by atoms with van der Waals surface area (Å²) in [6.07, 6.45) is -1.49. The summed E-state index contributed by atoms with van der Waals surface area (Å²) in [5, 5.41) is 0. The first-order chi connectivity index (χ1) is 11.3. The van der Waals surface area contributed by atoms with Crippen LogP contribution in [0.2, 0.25) is 0 Å². The van der Waals surface area contributed by atoms with Gasteiger partial charge in [-0.25, -0.2) is 0 Å². The van der Waals surface area contributed by atoms with E-state index in [1.807, 2.05) is 0 Å². The van der Waals surface area contributed by atoms with Gasteiger partial charge in [-0.15, -0.1) is 0 Å². The third-order valence-corrected chi connectivity index (χ3v) is 5.96. The molecule has 3 fully saturated rings. The van der Waals surface area contributed by atoms with Crippen molar-refractivity contribution >= 4 is 11.7 Å². The second-order valence-corrected chi connectivity index (χ2v) is 7.45. The molecule has 2 heterocycles. The Kier molecular flexibility index (Phi) is 4.91. The molecule has 1 saturated carbocycles. The van der Waals surface area contributed by atoms with Gasteiger partial charge in [0.05, 0.1) is 5.92 Å². The van der Waals surface area contributed by atoms with Gasteiger partial charge in [0.15, 0.2) is 0 Å².